The summed E-state index contributed by atoms with van der Waals surface area (Å²) >= 11 is 5.85. The van der Waals surface area contributed by atoms with Crippen molar-refractivity contribution in [2.45, 2.75) is 26.4 Å². The molecule has 0 aromatic heterocycles. The molecule has 0 fully saturated rings. The zero-order chi connectivity index (χ0) is 18.2. The third-order valence-electron chi connectivity index (χ3n) is 3.74. The molecule has 132 valence electrons. The molecule has 2 rings (SSSR count). The lowest BCUT2D eigenvalue weighted by Gasteiger charge is -2.21. The topological polar surface area (TPSA) is 49.4 Å². The molecule has 0 aliphatic carbocycles. The first-order valence-electron chi connectivity index (χ1n) is 7.95. The van der Waals surface area contributed by atoms with Crippen molar-refractivity contribution in [3.05, 3.63) is 70.5 Å². The molecular weight excluding hydrogens is 343 g/mol. The van der Waals surface area contributed by atoms with E-state index in [1.165, 1.54) is 19.1 Å². The third kappa shape index (κ3) is 6.55. The highest BCUT2D eigenvalue weighted by Gasteiger charge is 2.12. The van der Waals surface area contributed by atoms with E-state index in [1.54, 1.807) is 29.2 Å². The highest BCUT2D eigenvalue weighted by Crippen LogP contribution is 2.12. The molecule has 25 heavy (non-hydrogen) atoms. The van der Waals surface area contributed by atoms with Gasteiger partial charge in [0, 0.05) is 38.0 Å². The summed E-state index contributed by atoms with van der Waals surface area (Å²) in [6, 6.07) is 13.2. The van der Waals surface area contributed by atoms with Crippen molar-refractivity contribution in [3.8, 4) is 0 Å². The van der Waals surface area contributed by atoms with Crippen molar-refractivity contribution in [1.82, 2.24) is 10.2 Å². The van der Waals surface area contributed by atoms with Gasteiger partial charge in [0.25, 0.3) is 0 Å². The van der Waals surface area contributed by atoms with Crippen molar-refractivity contribution in [2.24, 2.45) is 0 Å². The summed E-state index contributed by atoms with van der Waals surface area (Å²) in [5.41, 5.74) is 1.77. The van der Waals surface area contributed by atoms with Crippen LogP contribution in [0.1, 0.15) is 24.5 Å². The molecule has 0 saturated carbocycles. The Balaban J connectivity index is 1.81. The molecule has 2 amide bonds. The standard InChI is InChI=1S/C19H20ClFN2O2/c1-14(24)23(13-16-2-6-17(20)7-3-16)11-10-19(25)22-12-15-4-8-18(21)9-5-15/h2-9H,10-13H2,1H3,(H,22,25). The van der Waals surface area contributed by atoms with Gasteiger partial charge >= 0.3 is 0 Å². The van der Waals surface area contributed by atoms with E-state index in [9.17, 15) is 14.0 Å². The summed E-state index contributed by atoms with van der Waals surface area (Å²) in [5.74, 6) is -0.567. The van der Waals surface area contributed by atoms with Crippen LogP contribution in [0.3, 0.4) is 0 Å². The first kappa shape index (κ1) is 18.9. The van der Waals surface area contributed by atoms with Crippen molar-refractivity contribution >= 4 is 23.4 Å². The molecule has 0 spiro atoms. The van der Waals surface area contributed by atoms with Gasteiger partial charge in [-0.2, -0.15) is 0 Å². The SMILES string of the molecule is CC(=O)N(CCC(=O)NCc1ccc(F)cc1)Cc1ccc(Cl)cc1. The number of amides is 2. The van der Waals surface area contributed by atoms with E-state index in [1.807, 2.05) is 12.1 Å². The molecule has 2 aromatic carbocycles. The number of carbonyl (C=O) groups excluding carboxylic acids is 2. The highest BCUT2D eigenvalue weighted by atomic mass is 35.5. The van der Waals surface area contributed by atoms with Gasteiger partial charge in [0.2, 0.25) is 11.8 Å². The van der Waals surface area contributed by atoms with Crippen LogP contribution in [0.4, 0.5) is 4.39 Å². The lowest BCUT2D eigenvalue weighted by atomic mass is 10.2. The lowest BCUT2D eigenvalue weighted by molar-refractivity contribution is -0.130. The number of nitrogens with one attached hydrogen (secondary N) is 1. The van der Waals surface area contributed by atoms with E-state index in [0.717, 1.165) is 11.1 Å². The van der Waals surface area contributed by atoms with Crippen LogP contribution in [0.25, 0.3) is 0 Å². The highest BCUT2D eigenvalue weighted by molar-refractivity contribution is 6.30. The fourth-order valence-corrected chi connectivity index (χ4v) is 2.41. The van der Waals surface area contributed by atoms with Crippen molar-refractivity contribution in [1.29, 1.82) is 0 Å². The normalized spacial score (nSPS) is 10.4. The molecule has 0 aliphatic heterocycles. The molecule has 0 atom stereocenters. The van der Waals surface area contributed by atoms with E-state index in [0.29, 0.717) is 24.7 Å². The summed E-state index contributed by atoms with van der Waals surface area (Å²) < 4.78 is 12.8. The maximum absolute atomic E-state index is 12.8. The molecule has 0 aliphatic rings. The van der Waals surface area contributed by atoms with Crippen LogP contribution >= 0.6 is 11.6 Å². The smallest absolute Gasteiger partial charge is 0.222 e. The summed E-state index contributed by atoms with van der Waals surface area (Å²) in [6.07, 6.45) is 0.203. The maximum atomic E-state index is 12.8. The summed E-state index contributed by atoms with van der Waals surface area (Å²) in [5, 5.41) is 3.40. The first-order valence-corrected chi connectivity index (χ1v) is 8.33. The Labute approximate surface area is 151 Å². The predicted octanol–water partition coefficient (Wildman–Crippen LogP) is 3.53. The molecule has 0 heterocycles. The molecule has 0 bridgehead atoms. The van der Waals surface area contributed by atoms with Crippen molar-refractivity contribution in [2.75, 3.05) is 6.54 Å². The van der Waals surface area contributed by atoms with E-state index in [2.05, 4.69) is 5.32 Å². The molecular formula is C19H20ClFN2O2. The van der Waals surface area contributed by atoms with Gasteiger partial charge in [-0.25, -0.2) is 4.39 Å². The number of hydrogen-bond donors (Lipinski definition) is 1. The van der Waals surface area contributed by atoms with Gasteiger partial charge in [0.05, 0.1) is 0 Å². The minimum absolute atomic E-state index is 0.0960. The van der Waals surface area contributed by atoms with Gasteiger partial charge in [-0.3, -0.25) is 9.59 Å². The Hall–Kier alpha value is -2.40. The summed E-state index contributed by atoms with van der Waals surface area (Å²) in [4.78, 5) is 25.4. The maximum Gasteiger partial charge on any atom is 0.222 e. The second-order valence-corrected chi connectivity index (χ2v) is 6.16. The van der Waals surface area contributed by atoms with Crippen LogP contribution in [0, 0.1) is 5.82 Å². The summed E-state index contributed by atoms with van der Waals surface area (Å²) in [7, 11) is 0. The Morgan fingerprint density at radius 2 is 1.64 bits per heavy atom. The van der Waals surface area contributed by atoms with Crippen molar-refractivity contribution < 1.29 is 14.0 Å². The van der Waals surface area contributed by atoms with E-state index >= 15 is 0 Å². The van der Waals surface area contributed by atoms with Crippen LogP contribution < -0.4 is 5.32 Å². The van der Waals surface area contributed by atoms with Crippen LogP contribution in [0.2, 0.25) is 5.02 Å². The number of hydrogen-bond acceptors (Lipinski definition) is 2. The monoisotopic (exact) mass is 362 g/mol. The average Bonchev–Trinajstić information content (AvgIpc) is 2.59. The number of halogens is 2. The largest absolute Gasteiger partial charge is 0.352 e. The second kappa shape index (κ2) is 9.18. The number of rotatable bonds is 7. The second-order valence-electron chi connectivity index (χ2n) is 5.72. The van der Waals surface area contributed by atoms with E-state index < -0.39 is 0 Å². The molecule has 2 aromatic rings. The number of carbonyl (C=O) groups is 2. The molecule has 4 nitrogen and oxygen atoms in total. The van der Waals surface area contributed by atoms with Gasteiger partial charge in [0.1, 0.15) is 5.82 Å². The Morgan fingerprint density at radius 3 is 2.24 bits per heavy atom. The fourth-order valence-electron chi connectivity index (χ4n) is 2.29. The molecule has 0 unspecified atom stereocenters. The van der Waals surface area contributed by atoms with Gasteiger partial charge in [-0.05, 0) is 35.4 Å². The lowest BCUT2D eigenvalue weighted by Crippen LogP contribution is -2.33. The van der Waals surface area contributed by atoms with Crippen LogP contribution in [-0.2, 0) is 22.7 Å². The van der Waals surface area contributed by atoms with Crippen LogP contribution in [0.5, 0.6) is 0 Å². The molecule has 6 heteroatoms. The Bertz CT molecular complexity index is 717. The average molecular weight is 363 g/mol. The van der Waals surface area contributed by atoms with E-state index in [-0.39, 0.29) is 24.1 Å². The van der Waals surface area contributed by atoms with Gasteiger partial charge < -0.3 is 10.2 Å². The Kier molecular flexibility index (Phi) is 6.95. The zero-order valence-electron chi connectivity index (χ0n) is 14.0. The third-order valence-corrected chi connectivity index (χ3v) is 4.00. The first-order chi connectivity index (χ1) is 11.9. The van der Waals surface area contributed by atoms with Gasteiger partial charge in [-0.1, -0.05) is 35.9 Å². The van der Waals surface area contributed by atoms with Gasteiger partial charge in [0.15, 0.2) is 0 Å². The minimum Gasteiger partial charge on any atom is -0.352 e. The van der Waals surface area contributed by atoms with Crippen molar-refractivity contribution in [3.63, 3.8) is 0 Å². The van der Waals surface area contributed by atoms with Gasteiger partial charge in [-0.15, -0.1) is 0 Å². The van der Waals surface area contributed by atoms with Crippen LogP contribution in [-0.4, -0.2) is 23.3 Å². The van der Waals surface area contributed by atoms with Crippen LogP contribution in [0.15, 0.2) is 48.5 Å². The predicted molar refractivity (Wildman–Crippen MR) is 95.4 cm³/mol. The molecule has 1 N–H and O–H groups in total. The quantitative estimate of drug-likeness (QED) is 0.819. The molecule has 0 saturated heterocycles. The number of benzene rings is 2. The summed E-state index contributed by atoms with van der Waals surface area (Å²) in [6.45, 7) is 2.56. The zero-order valence-corrected chi connectivity index (χ0v) is 14.7. The van der Waals surface area contributed by atoms with E-state index in [4.69, 9.17) is 11.6 Å². The fraction of sp³-hybridized carbons (Fsp3) is 0.263. The Morgan fingerprint density at radius 1 is 1.04 bits per heavy atom. The number of nitrogens with zero attached hydrogens (tertiary/aromatic N) is 1. The minimum atomic E-state index is -0.311. The molecule has 0 radical (unpaired) electrons.